The zero-order chi connectivity index (χ0) is 12.3. The van der Waals surface area contributed by atoms with Crippen molar-refractivity contribution in [2.24, 2.45) is 0 Å². The minimum absolute atomic E-state index is 0.0508. The van der Waals surface area contributed by atoms with E-state index in [0.717, 1.165) is 0 Å². The van der Waals surface area contributed by atoms with Crippen molar-refractivity contribution in [1.29, 1.82) is 0 Å². The second-order valence-corrected chi connectivity index (χ2v) is 3.69. The molecule has 5 nitrogen and oxygen atoms in total. The van der Waals surface area contributed by atoms with Crippen LogP contribution in [0, 0.1) is 0 Å². The Kier molecular flexibility index (Phi) is 3.51. The molecule has 0 bridgehead atoms. The van der Waals surface area contributed by atoms with Gasteiger partial charge in [0.1, 0.15) is 6.61 Å². The highest BCUT2D eigenvalue weighted by atomic mass is 35.5. The molecule has 0 aliphatic rings. The highest BCUT2D eigenvalue weighted by molar-refractivity contribution is 6.32. The summed E-state index contributed by atoms with van der Waals surface area (Å²) in [5.74, 6) is -0.0774. The molecule has 0 aliphatic carbocycles. The van der Waals surface area contributed by atoms with Gasteiger partial charge in [-0.15, -0.1) is 0 Å². The molecule has 1 amide bonds. The fourth-order valence-corrected chi connectivity index (χ4v) is 1.54. The molecule has 0 atom stereocenters. The Bertz CT molecular complexity index is 559. The van der Waals surface area contributed by atoms with Crippen molar-refractivity contribution in [3.8, 4) is 0 Å². The maximum absolute atomic E-state index is 11.3. The summed E-state index contributed by atoms with van der Waals surface area (Å²) in [6, 6.07) is 7.28. The molecule has 17 heavy (non-hydrogen) atoms. The van der Waals surface area contributed by atoms with E-state index < -0.39 is 0 Å². The van der Waals surface area contributed by atoms with Crippen LogP contribution in [0.1, 0.15) is 0 Å². The second-order valence-electron chi connectivity index (χ2n) is 3.33. The highest BCUT2D eigenvalue weighted by Crippen LogP contribution is 2.20. The number of halogens is 1. The molecule has 2 aromatic rings. The summed E-state index contributed by atoms with van der Waals surface area (Å²) in [5, 5.41) is 2.69. The van der Waals surface area contributed by atoms with Crippen molar-refractivity contribution in [2.45, 2.75) is 0 Å². The van der Waals surface area contributed by atoms with Crippen molar-refractivity contribution in [1.82, 2.24) is 9.97 Å². The van der Waals surface area contributed by atoms with Gasteiger partial charge < -0.3 is 10.1 Å². The summed E-state index contributed by atoms with van der Waals surface area (Å²) in [5.41, 5.74) is 1.35. The van der Waals surface area contributed by atoms with E-state index in [1.54, 1.807) is 12.1 Å². The molecule has 1 aromatic heterocycles. The van der Waals surface area contributed by atoms with Crippen LogP contribution in [0.3, 0.4) is 0 Å². The average Bonchev–Trinajstić information content (AvgIpc) is 2.30. The van der Waals surface area contributed by atoms with Crippen LogP contribution in [0.15, 0.2) is 24.3 Å². The summed E-state index contributed by atoms with van der Waals surface area (Å²) in [6.45, 7) is -0.0508. The number of para-hydroxylation sites is 2. The highest BCUT2D eigenvalue weighted by Gasteiger charge is 2.09. The van der Waals surface area contributed by atoms with Gasteiger partial charge in [0.05, 0.1) is 11.0 Å². The van der Waals surface area contributed by atoms with E-state index in [1.807, 2.05) is 12.1 Å². The smallest absolute Gasteiger partial charge is 0.251 e. The molecular formula is C11H10ClN3O2. The summed E-state index contributed by atoms with van der Waals surface area (Å²) < 4.78 is 4.70. The van der Waals surface area contributed by atoms with E-state index >= 15 is 0 Å². The molecule has 0 saturated heterocycles. The zero-order valence-corrected chi connectivity index (χ0v) is 9.86. The van der Waals surface area contributed by atoms with E-state index in [1.165, 1.54) is 7.11 Å². The van der Waals surface area contributed by atoms with Gasteiger partial charge in [-0.3, -0.25) is 4.79 Å². The van der Waals surface area contributed by atoms with Gasteiger partial charge in [-0.1, -0.05) is 23.7 Å². The minimum atomic E-state index is -0.320. The normalized spacial score (nSPS) is 10.5. The maximum atomic E-state index is 11.3. The van der Waals surface area contributed by atoms with Crippen molar-refractivity contribution in [3.63, 3.8) is 0 Å². The van der Waals surface area contributed by atoms with Crippen molar-refractivity contribution >= 4 is 34.4 Å². The first-order chi connectivity index (χ1) is 8.20. The number of hydrogen-bond donors (Lipinski definition) is 1. The van der Waals surface area contributed by atoms with Crippen LogP contribution < -0.4 is 5.32 Å². The lowest BCUT2D eigenvalue weighted by Crippen LogP contribution is -2.18. The number of anilines is 1. The second kappa shape index (κ2) is 5.07. The zero-order valence-electron chi connectivity index (χ0n) is 9.11. The monoisotopic (exact) mass is 251 g/mol. The van der Waals surface area contributed by atoms with Crippen LogP contribution >= 0.6 is 11.6 Å². The molecule has 0 fully saturated rings. The Morgan fingerprint density at radius 2 is 2.00 bits per heavy atom. The predicted molar refractivity (Wildman–Crippen MR) is 65.1 cm³/mol. The number of fused-ring (bicyclic) bond motifs is 1. The van der Waals surface area contributed by atoms with Crippen LogP contribution in [0.25, 0.3) is 11.0 Å². The van der Waals surface area contributed by atoms with E-state index in [4.69, 9.17) is 16.3 Å². The number of carbonyl (C=O) groups is 1. The number of aromatic nitrogens is 2. The quantitative estimate of drug-likeness (QED) is 0.905. The third kappa shape index (κ3) is 2.69. The predicted octanol–water partition coefficient (Wildman–Crippen LogP) is 1.87. The SMILES string of the molecule is COCC(=O)Nc1nc2ccccc2nc1Cl. The standard InChI is InChI=1S/C11H10ClN3O2/c1-17-6-9(16)15-11-10(12)13-7-4-2-3-5-8(7)14-11/h2-5H,6H2,1H3,(H,14,15,16). The lowest BCUT2D eigenvalue weighted by Gasteiger charge is -2.06. The maximum Gasteiger partial charge on any atom is 0.251 e. The third-order valence-electron chi connectivity index (χ3n) is 2.06. The van der Waals surface area contributed by atoms with Gasteiger partial charge in [0, 0.05) is 7.11 Å². The van der Waals surface area contributed by atoms with Gasteiger partial charge in [-0.2, -0.15) is 0 Å². The van der Waals surface area contributed by atoms with Gasteiger partial charge in [0.2, 0.25) is 0 Å². The summed E-state index contributed by atoms with van der Waals surface area (Å²) in [7, 11) is 1.44. The first-order valence-electron chi connectivity index (χ1n) is 4.92. The number of nitrogens with one attached hydrogen (secondary N) is 1. The van der Waals surface area contributed by atoms with E-state index in [2.05, 4.69) is 15.3 Å². The summed E-state index contributed by atoms with van der Waals surface area (Å²) >= 11 is 5.92. The van der Waals surface area contributed by atoms with Crippen molar-refractivity contribution < 1.29 is 9.53 Å². The number of benzene rings is 1. The Balaban J connectivity index is 2.34. The molecule has 1 N–H and O–H groups in total. The summed E-state index contributed by atoms with van der Waals surface area (Å²) in [4.78, 5) is 19.7. The number of methoxy groups -OCH3 is 1. The number of ether oxygens (including phenoxy) is 1. The first kappa shape index (κ1) is 11.8. The molecular weight excluding hydrogens is 242 g/mol. The topological polar surface area (TPSA) is 64.1 Å². The van der Waals surface area contributed by atoms with E-state index in [-0.39, 0.29) is 23.5 Å². The van der Waals surface area contributed by atoms with Gasteiger partial charge in [-0.05, 0) is 12.1 Å². The molecule has 0 saturated carbocycles. The lowest BCUT2D eigenvalue weighted by molar-refractivity contribution is -0.119. The molecule has 6 heteroatoms. The van der Waals surface area contributed by atoms with Gasteiger partial charge in [-0.25, -0.2) is 9.97 Å². The van der Waals surface area contributed by atoms with E-state index in [9.17, 15) is 4.79 Å². The lowest BCUT2D eigenvalue weighted by atomic mass is 10.3. The molecule has 1 aromatic carbocycles. The summed E-state index contributed by atoms with van der Waals surface area (Å²) in [6.07, 6.45) is 0. The van der Waals surface area contributed by atoms with Crippen molar-refractivity contribution in [2.75, 3.05) is 19.0 Å². The van der Waals surface area contributed by atoms with Crippen molar-refractivity contribution in [3.05, 3.63) is 29.4 Å². The Morgan fingerprint density at radius 1 is 1.35 bits per heavy atom. The first-order valence-corrected chi connectivity index (χ1v) is 5.29. The fraction of sp³-hybridized carbons (Fsp3) is 0.182. The number of nitrogens with zero attached hydrogens (tertiary/aromatic N) is 2. The molecule has 0 unspecified atom stereocenters. The largest absolute Gasteiger partial charge is 0.375 e. The molecule has 0 radical (unpaired) electrons. The van der Waals surface area contributed by atoms with Crippen LogP contribution in [0.2, 0.25) is 5.15 Å². The number of amides is 1. The van der Waals surface area contributed by atoms with E-state index in [0.29, 0.717) is 11.0 Å². The Hall–Kier alpha value is -1.72. The number of carbonyl (C=O) groups excluding carboxylic acids is 1. The number of rotatable bonds is 3. The van der Waals surface area contributed by atoms with Gasteiger partial charge in [0.15, 0.2) is 11.0 Å². The molecule has 88 valence electrons. The molecule has 2 rings (SSSR count). The Labute approximate surface area is 103 Å². The minimum Gasteiger partial charge on any atom is -0.375 e. The molecule has 1 heterocycles. The molecule has 0 aliphatic heterocycles. The van der Waals surface area contributed by atoms with Crippen LogP contribution in [0.5, 0.6) is 0 Å². The van der Waals surface area contributed by atoms with Crippen LogP contribution in [-0.4, -0.2) is 29.6 Å². The van der Waals surface area contributed by atoms with Gasteiger partial charge >= 0.3 is 0 Å². The average molecular weight is 252 g/mol. The Morgan fingerprint density at radius 3 is 2.65 bits per heavy atom. The fourth-order valence-electron chi connectivity index (χ4n) is 1.36. The van der Waals surface area contributed by atoms with Crippen LogP contribution in [0.4, 0.5) is 5.82 Å². The van der Waals surface area contributed by atoms with Crippen LogP contribution in [-0.2, 0) is 9.53 Å². The molecule has 0 spiro atoms. The number of hydrogen-bond acceptors (Lipinski definition) is 4. The third-order valence-corrected chi connectivity index (χ3v) is 2.32. The van der Waals surface area contributed by atoms with Gasteiger partial charge in [0.25, 0.3) is 5.91 Å².